The van der Waals surface area contributed by atoms with Gasteiger partial charge in [-0.15, -0.1) is 10.2 Å². The number of carbonyl (C=O) groups excluding carboxylic acids is 1. The molecule has 37 heavy (non-hydrogen) atoms. The summed E-state index contributed by atoms with van der Waals surface area (Å²) in [6, 6.07) is 9.54. The van der Waals surface area contributed by atoms with Gasteiger partial charge >= 0.3 is 6.18 Å². The van der Waals surface area contributed by atoms with Crippen LogP contribution in [0.25, 0.3) is 0 Å². The average Bonchev–Trinajstić information content (AvgIpc) is 3.38. The van der Waals surface area contributed by atoms with E-state index in [1.54, 1.807) is 37.4 Å². The standard InChI is InChI=1S/C26H25F4N5O2/c1-34-14-32-33-23(34)22(27)25(12-37-13-25)17-3-2-4-18(8-17)35-11-20-19(24(35)36)6-15(5-16-9-31-10-16)7-21(20)26(28,29)30/h2-4,6-8,14,16,22,31H,5,9-13H2,1H3/t22-/m1/s1. The molecule has 2 aromatic carbocycles. The van der Waals surface area contributed by atoms with Gasteiger partial charge in [0.2, 0.25) is 0 Å². The molecule has 0 aliphatic carbocycles. The van der Waals surface area contributed by atoms with Crippen LogP contribution in [0.15, 0.2) is 42.7 Å². The van der Waals surface area contributed by atoms with E-state index in [1.165, 1.54) is 21.9 Å². The summed E-state index contributed by atoms with van der Waals surface area (Å²) >= 11 is 0. The Balaban J connectivity index is 1.35. The zero-order valence-electron chi connectivity index (χ0n) is 20.1. The molecule has 194 valence electrons. The first kappa shape index (κ1) is 24.1. The first-order chi connectivity index (χ1) is 17.7. The summed E-state index contributed by atoms with van der Waals surface area (Å²) in [7, 11) is 1.65. The molecule has 7 nitrogen and oxygen atoms in total. The molecule has 11 heteroatoms. The Morgan fingerprint density at radius 1 is 1.22 bits per heavy atom. The van der Waals surface area contributed by atoms with Crippen molar-refractivity contribution < 1.29 is 27.1 Å². The maximum Gasteiger partial charge on any atom is 0.416 e. The molecule has 1 amide bonds. The highest BCUT2D eigenvalue weighted by atomic mass is 19.4. The summed E-state index contributed by atoms with van der Waals surface area (Å²) in [6.07, 6.45) is -4.20. The van der Waals surface area contributed by atoms with Gasteiger partial charge in [0.1, 0.15) is 6.33 Å². The summed E-state index contributed by atoms with van der Waals surface area (Å²) in [4.78, 5) is 14.8. The Labute approximate surface area is 210 Å². The molecule has 0 radical (unpaired) electrons. The normalized spacial score (nSPS) is 19.9. The molecule has 3 aliphatic rings. The van der Waals surface area contributed by atoms with E-state index in [4.69, 9.17) is 4.74 Å². The van der Waals surface area contributed by atoms with Gasteiger partial charge < -0.3 is 19.5 Å². The maximum absolute atomic E-state index is 15.8. The third kappa shape index (κ3) is 3.91. The van der Waals surface area contributed by atoms with Crippen molar-refractivity contribution >= 4 is 11.6 Å². The van der Waals surface area contributed by atoms with Gasteiger partial charge in [-0.25, -0.2) is 4.39 Å². The van der Waals surface area contributed by atoms with Gasteiger partial charge in [0, 0.05) is 18.3 Å². The van der Waals surface area contributed by atoms with Gasteiger partial charge in [-0.05, 0) is 66.4 Å². The third-order valence-electron chi connectivity index (χ3n) is 7.71. The van der Waals surface area contributed by atoms with Crippen LogP contribution in [0.4, 0.5) is 23.2 Å². The van der Waals surface area contributed by atoms with Crippen LogP contribution in [0.3, 0.4) is 0 Å². The number of carbonyl (C=O) groups is 1. The van der Waals surface area contributed by atoms with Crippen LogP contribution in [0.1, 0.15) is 44.6 Å². The fraction of sp³-hybridized carbons (Fsp3) is 0.423. The summed E-state index contributed by atoms with van der Waals surface area (Å²) in [5.74, 6) is -0.0792. The molecule has 3 aromatic rings. The molecule has 1 atom stereocenters. The molecule has 1 N–H and O–H groups in total. The second-order valence-corrected chi connectivity index (χ2v) is 10.1. The van der Waals surface area contributed by atoms with Gasteiger partial charge in [0.25, 0.3) is 5.91 Å². The van der Waals surface area contributed by atoms with Crippen molar-refractivity contribution in [3.63, 3.8) is 0 Å². The number of nitrogens with zero attached hydrogens (tertiary/aromatic N) is 4. The first-order valence-corrected chi connectivity index (χ1v) is 12.1. The van der Waals surface area contributed by atoms with E-state index in [9.17, 15) is 18.0 Å². The number of fused-ring (bicyclic) bond motifs is 1. The molecule has 0 spiro atoms. The second-order valence-electron chi connectivity index (χ2n) is 10.1. The van der Waals surface area contributed by atoms with E-state index in [0.29, 0.717) is 23.2 Å². The van der Waals surface area contributed by atoms with Crippen LogP contribution in [0, 0.1) is 5.92 Å². The predicted octanol–water partition coefficient (Wildman–Crippen LogP) is 3.74. The number of nitrogens with one attached hydrogen (secondary N) is 1. The van der Waals surface area contributed by atoms with Gasteiger partial charge in [-0.3, -0.25) is 4.79 Å². The lowest BCUT2D eigenvalue weighted by atomic mass is 9.74. The monoisotopic (exact) mass is 515 g/mol. The molecule has 0 unspecified atom stereocenters. The Morgan fingerprint density at radius 3 is 2.59 bits per heavy atom. The molecule has 4 heterocycles. The van der Waals surface area contributed by atoms with Crippen molar-refractivity contribution in [3.05, 3.63) is 76.4 Å². The van der Waals surface area contributed by atoms with Gasteiger partial charge in [-0.2, -0.15) is 13.2 Å². The number of benzene rings is 2. The Morgan fingerprint density at radius 2 is 2.00 bits per heavy atom. The quantitative estimate of drug-likeness (QED) is 0.507. The van der Waals surface area contributed by atoms with Crippen LogP contribution < -0.4 is 10.2 Å². The first-order valence-electron chi connectivity index (χ1n) is 12.1. The lowest BCUT2D eigenvalue weighted by Gasteiger charge is -2.43. The molecule has 0 saturated carbocycles. The fourth-order valence-electron chi connectivity index (χ4n) is 5.41. The highest BCUT2D eigenvalue weighted by Crippen LogP contribution is 2.46. The SMILES string of the molecule is Cn1cnnc1[C@@H](F)C1(c2cccc(N3Cc4c(cc(CC5CNC5)cc4C(F)(F)F)C3=O)c2)COC1. The fourth-order valence-corrected chi connectivity index (χ4v) is 5.41. The smallest absolute Gasteiger partial charge is 0.379 e. The van der Waals surface area contributed by atoms with Crippen molar-refractivity contribution in [3.8, 4) is 0 Å². The number of halogens is 4. The molecular weight excluding hydrogens is 490 g/mol. The maximum atomic E-state index is 15.8. The van der Waals surface area contributed by atoms with E-state index in [-0.39, 0.29) is 42.6 Å². The lowest BCUT2D eigenvalue weighted by molar-refractivity contribution is -0.138. The molecule has 2 fully saturated rings. The van der Waals surface area contributed by atoms with Crippen molar-refractivity contribution in [1.82, 2.24) is 20.1 Å². The molecule has 3 aliphatic heterocycles. The van der Waals surface area contributed by atoms with E-state index < -0.39 is 29.2 Å². The summed E-state index contributed by atoms with van der Waals surface area (Å²) in [6.45, 7) is 1.51. The second kappa shape index (κ2) is 8.63. The Hall–Kier alpha value is -3.31. The van der Waals surface area contributed by atoms with Crippen LogP contribution >= 0.6 is 0 Å². The third-order valence-corrected chi connectivity index (χ3v) is 7.71. The number of aryl methyl sites for hydroxylation is 1. The van der Waals surface area contributed by atoms with Crippen LogP contribution in [0.2, 0.25) is 0 Å². The van der Waals surface area contributed by atoms with Crippen molar-refractivity contribution in [2.24, 2.45) is 13.0 Å². The molecule has 2 saturated heterocycles. The largest absolute Gasteiger partial charge is 0.416 e. The van der Waals surface area contributed by atoms with Gasteiger partial charge in [0.15, 0.2) is 12.0 Å². The van der Waals surface area contributed by atoms with E-state index >= 15 is 4.39 Å². The number of aromatic nitrogens is 3. The molecule has 6 rings (SSSR count). The minimum absolute atomic E-state index is 0.0254. The van der Waals surface area contributed by atoms with Crippen LogP contribution in [0.5, 0.6) is 0 Å². The number of hydrogen-bond acceptors (Lipinski definition) is 5. The van der Waals surface area contributed by atoms with E-state index in [0.717, 1.165) is 13.1 Å². The van der Waals surface area contributed by atoms with E-state index in [2.05, 4.69) is 15.5 Å². The Kier molecular flexibility index (Phi) is 5.61. The van der Waals surface area contributed by atoms with Crippen molar-refractivity contribution in [1.29, 1.82) is 0 Å². The topological polar surface area (TPSA) is 72.3 Å². The highest BCUT2D eigenvalue weighted by Gasteiger charge is 2.51. The minimum Gasteiger partial charge on any atom is -0.379 e. The minimum atomic E-state index is -4.58. The summed E-state index contributed by atoms with van der Waals surface area (Å²) in [5.41, 5.74) is -0.245. The molecular formula is C26H25F4N5O2. The Bertz CT molecular complexity index is 1360. The number of hydrogen-bond donors (Lipinski definition) is 1. The lowest BCUT2D eigenvalue weighted by Crippen LogP contribution is -2.50. The zero-order chi connectivity index (χ0) is 25.9. The molecule has 1 aromatic heterocycles. The average molecular weight is 516 g/mol. The number of alkyl halides is 4. The van der Waals surface area contributed by atoms with Crippen molar-refractivity contribution in [2.75, 3.05) is 31.2 Å². The summed E-state index contributed by atoms with van der Waals surface area (Å²) in [5, 5.41) is 10.8. The number of ether oxygens (including phenoxy) is 1. The van der Waals surface area contributed by atoms with Crippen LogP contribution in [-0.4, -0.2) is 47.0 Å². The highest BCUT2D eigenvalue weighted by molar-refractivity contribution is 6.10. The number of amides is 1. The zero-order valence-corrected chi connectivity index (χ0v) is 20.1. The summed E-state index contributed by atoms with van der Waals surface area (Å²) < 4.78 is 64.8. The van der Waals surface area contributed by atoms with Crippen molar-refractivity contribution in [2.45, 2.75) is 30.7 Å². The predicted molar refractivity (Wildman–Crippen MR) is 126 cm³/mol. The van der Waals surface area contributed by atoms with Crippen LogP contribution in [-0.2, 0) is 36.3 Å². The van der Waals surface area contributed by atoms with Gasteiger partial charge in [0.05, 0.1) is 30.7 Å². The number of rotatable bonds is 6. The molecule has 0 bridgehead atoms. The van der Waals surface area contributed by atoms with E-state index in [1.807, 2.05) is 0 Å². The number of anilines is 1. The van der Waals surface area contributed by atoms with Gasteiger partial charge in [-0.1, -0.05) is 12.1 Å².